The molecule has 0 unspecified atom stereocenters. The van der Waals surface area contributed by atoms with Gasteiger partial charge in [0, 0.05) is 12.6 Å². The molecule has 1 aromatic carbocycles. The number of rotatable bonds is 6. The number of hydrogen-bond acceptors (Lipinski definition) is 5. The van der Waals surface area contributed by atoms with Crippen LogP contribution in [0.4, 0.5) is 5.69 Å². The van der Waals surface area contributed by atoms with E-state index in [0.717, 1.165) is 0 Å². The fourth-order valence-corrected chi connectivity index (χ4v) is 2.33. The molecule has 0 saturated carbocycles. The second kappa shape index (κ2) is 6.43. The number of sulfone groups is 1. The molecule has 0 amide bonds. The molecule has 1 aromatic rings. The Hall–Kier alpha value is -1.74. The number of methoxy groups -OCH3 is 1. The van der Waals surface area contributed by atoms with Crippen molar-refractivity contribution in [2.75, 3.05) is 24.7 Å². The van der Waals surface area contributed by atoms with Crippen molar-refractivity contribution < 1.29 is 13.2 Å². The largest absolute Gasteiger partial charge is 0.495 e. The summed E-state index contributed by atoms with van der Waals surface area (Å²) in [6.07, 6.45) is 0. The summed E-state index contributed by atoms with van der Waals surface area (Å²) in [6.45, 7) is 3.64. The average molecular weight is 282 g/mol. The number of anilines is 1. The van der Waals surface area contributed by atoms with Gasteiger partial charge in [-0.2, -0.15) is 5.26 Å². The Morgan fingerprint density at radius 1 is 1.42 bits per heavy atom. The van der Waals surface area contributed by atoms with Crippen LogP contribution in [0.1, 0.15) is 19.4 Å². The van der Waals surface area contributed by atoms with E-state index >= 15 is 0 Å². The summed E-state index contributed by atoms with van der Waals surface area (Å²) in [6, 6.07) is 6.99. The van der Waals surface area contributed by atoms with Gasteiger partial charge in [-0.25, -0.2) is 8.42 Å². The molecule has 0 atom stereocenters. The average Bonchev–Trinajstić information content (AvgIpc) is 2.38. The van der Waals surface area contributed by atoms with Gasteiger partial charge in [-0.1, -0.05) is 0 Å². The van der Waals surface area contributed by atoms with Gasteiger partial charge in [-0.05, 0) is 26.0 Å². The number of nitrogens with one attached hydrogen (secondary N) is 1. The topological polar surface area (TPSA) is 79.2 Å². The van der Waals surface area contributed by atoms with Crippen LogP contribution in [0.15, 0.2) is 18.2 Å². The highest BCUT2D eigenvalue weighted by molar-refractivity contribution is 7.92. The summed E-state index contributed by atoms with van der Waals surface area (Å²) in [7, 11) is -1.55. The number of ether oxygens (including phenoxy) is 1. The lowest BCUT2D eigenvalue weighted by Crippen LogP contribution is -2.23. The summed E-state index contributed by atoms with van der Waals surface area (Å²) < 4.78 is 28.5. The van der Waals surface area contributed by atoms with E-state index in [1.165, 1.54) is 7.11 Å². The van der Waals surface area contributed by atoms with E-state index in [1.54, 1.807) is 32.0 Å². The third kappa shape index (κ3) is 4.14. The minimum Gasteiger partial charge on any atom is -0.495 e. The van der Waals surface area contributed by atoms with E-state index in [0.29, 0.717) is 23.5 Å². The Bertz CT molecular complexity index is 574. The fourth-order valence-electron chi connectivity index (χ4n) is 1.47. The van der Waals surface area contributed by atoms with E-state index in [2.05, 4.69) is 5.32 Å². The van der Waals surface area contributed by atoms with Crippen LogP contribution in [-0.4, -0.2) is 33.1 Å². The zero-order valence-corrected chi connectivity index (χ0v) is 12.1. The van der Waals surface area contributed by atoms with Gasteiger partial charge in [-0.3, -0.25) is 0 Å². The maximum Gasteiger partial charge on any atom is 0.154 e. The van der Waals surface area contributed by atoms with Crippen LogP contribution in [0.3, 0.4) is 0 Å². The molecule has 0 heterocycles. The van der Waals surface area contributed by atoms with Gasteiger partial charge in [0.05, 0.1) is 35.4 Å². The zero-order chi connectivity index (χ0) is 14.5. The molecule has 0 spiro atoms. The van der Waals surface area contributed by atoms with E-state index in [1.807, 2.05) is 6.07 Å². The highest BCUT2D eigenvalue weighted by Gasteiger charge is 2.15. The third-order valence-electron chi connectivity index (χ3n) is 2.75. The van der Waals surface area contributed by atoms with Crippen LogP contribution in [0.25, 0.3) is 0 Å². The fraction of sp³-hybridized carbons (Fsp3) is 0.462. The molecule has 6 heteroatoms. The van der Waals surface area contributed by atoms with Crippen LogP contribution >= 0.6 is 0 Å². The van der Waals surface area contributed by atoms with Crippen LogP contribution < -0.4 is 10.1 Å². The summed E-state index contributed by atoms with van der Waals surface area (Å²) in [5.41, 5.74) is 1.18. The van der Waals surface area contributed by atoms with Gasteiger partial charge < -0.3 is 10.1 Å². The minimum absolute atomic E-state index is 0.0633. The number of hydrogen-bond donors (Lipinski definition) is 1. The smallest absolute Gasteiger partial charge is 0.154 e. The SMILES string of the molecule is COc1cc(C#N)ccc1NCCS(=O)(=O)C(C)C. The number of benzene rings is 1. The summed E-state index contributed by atoms with van der Waals surface area (Å²) in [4.78, 5) is 0. The normalized spacial score (nSPS) is 11.1. The van der Waals surface area contributed by atoms with Crippen LogP contribution in [-0.2, 0) is 9.84 Å². The van der Waals surface area contributed by atoms with Crippen LogP contribution in [0.2, 0.25) is 0 Å². The van der Waals surface area contributed by atoms with Crippen molar-refractivity contribution in [3.05, 3.63) is 23.8 Å². The lowest BCUT2D eigenvalue weighted by atomic mass is 10.2. The Balaban J connectivity index is 2.72. The predicted molar refractivity (Wildman–Crippen MR) is 75.1 cm³/mol. The van der Waals surface area contributed by atoms with Crippen molar-refractivity contribution in [1.82, 2.24) is 0 Å². The molecule has 0 bridgehead atoms. The summed E-state index contributed by atoms with van der Waals surface area (Å²) in [5.74, 6) is 0.592. The molecular weight excluding hydrogens is 264 g/mol. The second-order valence-electron chi connectivity index (χ2n) is 4.37. The van der Waals surface area contributed by atoms with E-state index in [4.69, 9.17) is 10.00 Å². The summed E-state index contributed by atoms with van der Waals surface area (Å²) >= 11 is 0. The first-order valence-corrected chi connectivity index (χ1v) is 7.66. The molecule has 104 valence electrons. The highest BCUT2D eigenvalue weighted by Crippen LogP contribution is 2.25. The molecule has 0 aromatic heterocycles. The van der Waals surface area contributed by atoms with Crippen molar-refractivity contribution in [3.63, 3.8) is 0 Å². The zero-order valence-electron chi connectivity index (χ0n) is 11.3. The third-order valence-corrected chi connectivity index (χ3v) is 4.96. The Labute approximate surface area is 114 Å². The van der Waals surface area contributed by atoms with Crippen molar-refractivity contribution >= 4 is 15.5 Å². The van der Waals surface area contributed by atoms with Gasteiger partial charge in [0.25, 0.3) is 0 Å². The maximum atomic E-state index is 11.7. The van der Waals surface area contributed by atoms with Crippen molar-refractivity contribution in [1.29, 1.82) is 5.26 Å². The molecule has 0 saturated heterocycles. The van der Waals surface area contributed by atoms with Gasteiger partial charge >= 0.3 is 0 Å². The highest BCUT2D eigenvalue weighted by atomic mass is 32.2. The Morgan fingerprint density at radius 3 is 2.63 bits per heavy atom. The second-order valence-corrected chi connectivity index (χ2v) is 7.05. The minimum atomic E-state index is -3.06. The van der Waals surface area contributed by atoms with Gasteiger partial charge in [-0.15, -0.1) is 0 Å². The van der Waals surface area contributed by atoms with Gasteiger partial charge in [0.15, 0.2) is 9.84 Å². The Morgan fingerprint density at radius 2 is 2.11 bits per heavy atom. The standard InChI is InChI=1S/C13H18N2O3S/c1-10(2)19(16,17)7-6-15-12-5-4-11(9-14)8-13(12)18-3/h4-5,8,10,15H,6-7H2,1-3H3. The van der Waals surface area contributed by atoms with Crippen LogP contribution in [0.5, 0.6) is 5.75 Å². The molecule has 5 nitrogen and oxygen atoms in total. The predicted octanol–water partition coefficient (Wildman–Crippen LogP) is 1.80. The van der Waals surface area contributed by atoms with Crippen molar-refractivity contribution in [2.45, 2.75) is 19.1 Å². The molecule has 0 aliphatic carbocycles. The summed E-state index contributed by atoms with van der Waals surface area (Å²) in [5, 5.41) is 11.4. The van der Waals surface area contributed by atoms with E-state index < -0.39 is 9.84 Å². The molecule has 0 radical (unpaired) electrons. The van der Waals surface area contributed by atoms with Crippen molar-refractivity contribution in [2.24, 2.45) is 0 Å². The first-order chi connectivity index (χ1) is 8.90. The Kier molecular flexibility index (Phi) is 5.19. The molecule has 0 aliphatic heterocycles. The molecule has 1 rings (SSSR count). The first-order valence-electron chi connectivity index (χ1n) is 5.94. The van der Waals surface area contributed by atoms with E-state index in [9.17, 15) is 8.42 Å². The molecule has 19 heavy (non-hydrogen) atoms. The van der Waals surface area contributed by atoms with E-state index in [-0.39, 0.29) is 11.0 Å². The lowest BCUT2D eigenvalue weighted by Gasteiger charge is -2.12. The number of nitrogens with zero attached hydrogens (tertiary/aromatic N) is 1. The quantitative estimate of drug-likeness (QED) is 0.860. The monoisotopic (exact) mass is 282 g/mol. The lowest BCUT2D eigenvalue weighted by molar-refractivity contribution is 0.416. The van der Waals surface area contributed by atoms with Gasteiger partial charge in [0.2, 0.25) is 0 Å². The molecule has 0 aliphatic rings. The molecular formula is C13H18N2O3S. The van der Waals surface area contributed by atoms with Crippen molar-refractivity contribution in [3.8, 4) is 11.8 Å². The number of nitriles is 1. The first kappa shape index (κ1) is 15.3. The van der Waals surface area contributed by atoms with Crippen LogP contribution in [0, 0.1) is 11.3 Å². The molecule has 0 fully saturated rings. The van der Waals surface area contributed by atoms with Gasteiger partial charge in [0.1, 0.15) is 5.75 Å². The maximum absolute atomic E-state index is 11.7. The molecule has 1 N–H and O–H groups in total.